The Bertz CT molecular complexity index is 1170. The summed E-state index contributed by atoms with van der Waals surface area (Å²) in [4.78, 5) is 48.1. The topological polar surface area (TPSA) is 90.4 Å². The zero-order chi connectivity index (χ0) is 29.4. The van der Waals surface area contributed by atoms with Gasteiger partial charge < -0.3 is 24.5 Å². The Labute approximate surface area is 242 Å². The predicted molar refractivity (Wildman–Crippen MR) is 156 cm³/mol. The van der Waals surface area contributed by atoms with E-state index in [0.29, 0.717) is 36.6 Å². The number of benzene rings is 1. The van der Waals surface area contributed by atoms with Gasteiger partial charge in [-0.05, 0) is 44.2 Å². The fraction of sp³-hybridized carbons (Fsp3) is 0.581. The van der Waals surface area contributed by atoms with Crippen molar-refractivity contribution in [2.75, 3.05) is 31.1 Å². The van der Waals surface area contributed by atoms with Gasteiger partial charge in [-0.15, -0.1) is 13.2 Å². The summed E-state index contributed by atoms with van der Waals surface area (Å²) in [5.74, 6) is -2.58. The van der Waals surface area contributed by atoms with Gasteiger partial charge in [0, 0.05) is 19.6 Å². The summed E-state index contributed by atoms with van der Waals surface area (Å²) in [5, 5.41) is 10.9. The molecule has 3 heterocycles. The van der Waals surface area contributed by atoms with E-state index in [-0.39, 0.29) is 36.8 Å². The molecule has 8 nitrogen and oxygen atoms in total. The number of aliphatic hydroxyl groups is 1. The molecule has 1 N–H and O–H groups in total. The number of hydrogen-bond donors (Lipinski definition) is 1. The van der Waals surface area contributed by atoms with Crippen molar-refractivity contribution in [1.29, 1.82) is 0 Å². The maximum absolute atomic E-state index is 14.7. The molecule has 6 atom stereocenters. The molecular formula is C31H42ClN3O5. The van der Waals surface area contributed by atoms with Gasteiger partial charge in [0.1, 0.15) is 11.6 Å². The maximum atomic E-state index is 14.7. The van der Waals surface area contributed by atoms with Crippen molar-refractivity contribution < 1.29 is 24.2 Å². The molecule has 3 amide bonds. The summed E-state index contributed by atoms with van der Waals surface area (Å²) < 4.78 is 6.79. The highest BCUT2D eigenvalue weighted by Gasteiger charge is 2.79. The quantitative estimate of drug-likeness (QED) is 0.382. The number of aliphatic hydroxyl groups excluding tert-OH is 1. The molecule has 2 bridgehead atoms. The molecule has 2 unspecified atom stereocenters. The standard InChI is InChI=1S/C31H42ClN3O5/c1-7-16-33(17-8-2)27(37)24-25-28(38)35(23(19-36)20(4)5)26(31(25)15-14-30(24,6)40-31)29(39)34(18-9-3)22-13-11-10-12-21(22)32/h7,9-13,20,23-26,36H,1,3,8,14-19H2,2,4-6H3/t23-,24+,25-,26?,30-,31?/m0/s1. The Hall–Kier alpha value is -2.68. The van der Waals surface area contributed by atoms with E-state index < -0.39 is 35.1 Å². The van der Waals surface area contributed by atoms with E-state index in [1.807, 2.05) is 27.7 Å². The lowest BCUT2D eigenvalue weighted by Crippen LogP contribution is -2.60. The van der Waals surface area contributed by atoms with Crippen molar-refractivity contribution in [3.05, 3.63) is 54.6 Å². The first-order valence-corrected chi connectivity index (χ1v) is 14.6. The third-order valence-corrected chi connectivity index (χ3v) is 9.22. The van der Waals surface area contributed by atoms with Crippen LogP contribution in [0.3, 0.4) is 0 Å². The molecule has 3 fully saturated rings. The van der Waals surface area contributed by atoms with Gasteiger partial charge in [0.05, 0.1) is 40.8 Å². The molecular weight excluding hydrogens is 530 g/mol. The largest absolute Gasteiger partial charge is 0.394 e. The lowest BCUT2D eigenvalue weighted by atomic mass is 9.66. The van der Waals surface area contributed by atoms with Gasteiger partial charge in [-0.3, -0.25) is 14.4 Å². The Morgan fingerprint density at radius 1 is 1.20 bits per heavy atom. The van der Waals surface area contributed by atoms with Gasteiger partial charge in [-0.25, -0.2) is 0 Å². The molecule has 0 radical (unpaired) electrons. The normalized spacial score (nSPS) is 29.4. The second kappa shape index (κ2) is 11.7. The third-order valence-electron chi connectivity index (χ3n) is 8.90. The molecule has 3 aliphatic rings. The second-order valence-corrected chi connectivity index (χ2v) is 12.1. The number of anilines is 1. The van der Waals surface area contributed by atoms with Crippen molar-refractivity contribution in [3.63, 3.8) is 0 Å². The Balaban J connectivity index is 1.87. The number of hydrogen-bond acceptors (Lipinski definition) is 5. The molecule has 1 spiro atoms. The van der Waals surface area contributed by atoms with Crippen molar-refractivity contribution >= 4 is 35.0 Å². The Kier molecular flexibility index (Phi) is 8.83. The number of nitrogens with zero attached hydrogens (tertiary/aromatic N) is 3. The zero-order valence-electron chi connectivity index (χ0n) is 24.0. The highest BCUT2D eigenvalue weighted by molar-refractivity contribution is 6.34. The number of amides is 3. The van der Waals surface area contributed by atoms with Crippen LogP contribution >= 0.6 is 11.6 Å². The molecule has 3 saturated heterocycles. The van der Waals surface area contributed by atoms with E-state index in [2.05, 4.69) is 13.2 Å². The molecule has 3 aliphatic heterocycles. The summed E-state index contributed by atoms with van der Waals surface area (Å²) in [6.45, 7) is 16.1. The van der Waals surface area contributed by atoms with Crippen LogP contribution in [0.25, 0.3) is 0 Å². The van der Waals surface area contributed by atoms with Crippen LogP contribution in [0.4, 0.5) is 5.69 Å². The Morgan fingerprint density at radius 3 is 2.45 bits per heavy atom. The number of likely N-dealkylation sites (tertiary alicyclic amines) is 1. The maximum Gasteiger partial charge on any atom is 0.253 e. The average molecular weight is 572 g/mol. The smallest absolute Gasteiger partial charge is 0.253 e. The lowest BCUT2D eigenvalue weighted by Gasteiger charge is -2.40. The lowest BCUT2D eigenvalue weighted by molar-refractivity contribution is -0.152. The van der Waals surface area contributed by atoms with Crippen molar-refractivity contribution in [1.82, 2.24) is 9.80 Å². The van der Waals surface area contributed by atoms with Gasteiger partial charge in [-0.1, -0.05) is 56.7 Å². The molecule has 4 rings (SSSR count). The van der Waals surface area contributed by atoms with Crippen LogP contribution in [0.2, 0.25) is 5.02 Å². The van der Waals surface area contributed by atoms with Gasteiger partial charge in [-0.2, -0.15) is 0 Å². The highest BCUT2D eigenvalue weighted by atomic mass is 35.5. The minimum Gasteiger partial charge on any atom is -0.394 e. The molecule has 1 aromatic rings. The van der Waals surface area contributed by atoms with Gasteiger partial charge in [0.15, 0.2) is 0 Å². The van der Waals surface area contributed by atoms with E-state index in [0.717, 1.165) is 6.42 Å². The number of para-hydroxylation sites is 1. The van der Waals surface area contributed by atoms with Crippen LogP contribution < -0.4 is 4.90 Å². The fourth-order valence-electron chi connectivity index (χ4n) is 7.16. The van der Waals surface area contributed by atoms with E-state index in [1.165, 1.54) is 9.80 Å². The zero-order valence-corrected chi connectivity index (χ0v) is 24.8. The van der Waals surface area contributed by atoms with Gasteiger partial charge in [0.25, 0.3) is 5.91 Å². The summed E-state index contributed by atoms with van der Waals surface area (Å²) in [6.07, 6.45) is 5.05. The molecule has 0 saturated carbocycles. The van der Waals surface area contributed by atoms with Crippen LogP contribution in [0.1, 0.15) is 47.0 Å². The van der Waals surface area contributed by atoms with Crippen LogP contribution in [0.5, 0.6) is 0 Å². The number of ether oxygens (including phenoxy) is 1. The third kappa shape index (κ3) is 4.68. The number of carbonyl (C=O) groups is 3. The molecule has 0 aromatic heterocycles. The first-order chi connectivity index (χ1) is 19.0. The molecule has 40 heavy (non-hydrogen) atoms. The molecule has 0 aliphatic carbocycles. The number of fused-ring (bicyclic) bond motifs is 1. The van der Waals surface area contributed by atoms with E-state index in [9.17, 15) is 19.5 Å². The van der Waals surface area contributed by atoms with Crippen LogP contribution in [-0.2, 0) is 19.1 Å². The van der Waals surface area contributed by atoms with Crippen LogP contribution in [0, 0.1) is 17.8 Å². The molecule has 1 aromatic carbocycles. The van der Waals surface area contributed by atoms with Gasteiger partial charge >= 0.3 is 0 Å². The monoisotopic (exact) mass is 571 g/mol. The second-order valence-electron chi connectivity index (χ2n) is 11.7. The minimum absolute atomic E-state index is 0.146. The fourth-order valence-corrected chi connectivity index (χ4v) is 7.40. The Morgan fingerprint density at radius 2 is 1.88 bits per heavy atom. The minimum atomic E-state index is -1.21. The van der Waals surface area contributed by atoms with Crippen LogP contribution in [-0.4, -0.2) is 82.2 Å². The molecule has 9 heteroatoms. The van der Waals surface area contributed by atoms with E-state index in [4.69, 9.17) is 16.3 Å². The number of halogens is 1. The predicted octanol–water partition coefficient (Wildman–Crippen LogP) is 4.07. The SMILES string of the molecule is C=CCN(CCC)C(=O)[C@H]1[C@H]2C(=O)N([C@@H](CO)C(C)C)C(C(=O)N(CC=C)c3ccccc3Cl)C23CC[C@]1(C)O3. The van der Waals surface area contributed by atoms with E-state index in [1.54, 1.807) is 41.3 Å². The average Bonchev–Trinajstić information content (AvgIpc) is 3.48. The summed E-state index contributed by atoms with van der Waals surface area (Å²) in [6, 6.07) is 5.36. The summed E-state index contributed by atoms with van der Waals surface area (Å²) >= 11 is 6.54. The number of rotatable bonds is 12. The first-order valence-electron chi connectivity index (χ1n) is 14.2. The van der Waals surface area contributed by atoms with Crippen molar-refractivity contribution in [2.45, 2.75) is 70.2 Å². The molecule has 218 valence electrons. The first kappa shape index (κ1) is 30.3. The van der Waals surface area contributed by atoms with Crippen LogP contribution in [0.15, 0.2) is 49.6 Å². The summed E-state index contributed by atoms with van der Waals surface area (Å²) in [5.41, 5.74) is -1.61. The summed E-state index contributed by atoms with van der Waals surface area (Å²) in [7, 11) is 0. The van der Waals surface area contributed by atoms with Gasteiger partial charge in [0.2, 0.25) is 11.8 Å². The highest BCUT2D eigenvalue weighted by Crippen LogP contribution is 2.64. The van der Waals surface area contributed by atoms with E-state index >= 15 is 0 Å². The number of carbonyl (C=O) groups excluding carboxylic acids is 3. The van der Waals surface area contributed by atoms with Crippen molar-refractivity contribution in [3.8, 4) is 0 Å². The van der Waals surface area contributed by atoms with Crippen molar-refractivity contribution in [2.24, 2.45) is 17.8 Å².